The van der Waals surface area contributed by atoms with Crippen molar-refractivity contribution in [1.29, 1.82) is 0 Å². The Morgan fingerprint density at radius 1 is 1.22 bits per heavy atom. The van der Waals surface area contributed by atoms with E-state index in [4.69, 9.17) is 0 Å². The molecule has 18 heavy (non-hydrogen) atoms. The molecule has 1 aromatic rings. The lowest BCUT2D eigenvalue weighted by atomic mass is 10.0. The summed E-state index contributed by atoms with van der Waals surface area (Å²) in [5.41, 5.74) is 1.47. The number of nitrogens with one attached hydrogen (secondary N) is 1. The van der Waals surface area contributed by atoms with Crippen molar-refractivity contribution in [3.05, 3.63) is 34.3 Å². The van der Waals surface area contributed by atoms with Gasteiger partial charge in [0.1, 0.15) is 0 Å². The molecule has 3 atom stereocenters. The molecule has 2 heterocycles. The van der Waals surface area contributed by atoms with Crippen LogP contribution in [0, 0.1) is 11.8 Å². The van der Waals surface area contributed by atoms with Crippen LogP contribution >= 0.6 is 15.9 Å². The van der Waals surface area contributed by atoms with Crippen molar-refractivity contribution in [1.82, 2.24) is 10.2 Å². The van der Waals surface area contributed by atoms with Crippen LogP contribution in [0.25, 0.3) is 0 Å². The minimum absolute atomic E-state index is 0.601. The molecule has 1 N–H and O–H groups in total. The SMILES string of the molecule is CCC(c1ccc(Br)cc1)N1CC2CNCC2C1. The number of hydrogen-bond donors (Lipinski definition) is 1. The molecule has 0 aromatic heterocycles. The minimum atomic E-state index is 0.601. The van der Waals surface area contributed by atoms with E-state index in [9.17, 15) is 0 Å². The van der Waals surface area contributed by atoms with Crippen molar-refractivity contribution in [2.75, 3.05) is 26.2 Å². The van der Waals surface area contributed by atoms with Crippen molar-refractivity contribution in [3.63, 3.8) is 0 Å². The zero-order valence-electron chi connectivity index (χ0n) is 10.9. The number of hydrogen-bond acceptors (Lipinski definition) is 2. The molecule has 0 aliphatic carbocycles. The van der Waals surface area contributed by atoms with Crippen molar-refractivity contribution in [2.45, 2.75) is 19.4 Å². The second kappa shape index (κ2) is 5.32. The van der Waals surface area contributed by atoms with Crippen LogP contribution in [0.1, 0.15) is 24.9 Å². The molecular weight excluding hydrogens is 288 g/mol. The molecule has 2 aliphatic heterocycles. The number of nitrogens with zero attached hydrogens (tertiary/aromatic N) is 1. The fourth-order valence-electron chi connectivity index (χ4n) is 3.54. The van der Waals surface area contributed by atoms with Gasteiger partial charge in [0.25, 0.3) is 0 Å². The third-order valence-electron chi connectivity index (χ3n) is 4.50. The molecule has 0 amide bonds. The lowest BCUT2D eigenvalue weighted by Gasteiger charge is -2.28. The maximum absolute atomic E-state index is 3.52. The summed E-state index contributed by atoms with van der Waals surface area (Å²) in [5.74, 6) is 1.77. The fraction of sp³-hybridized carbons (Fsp3) is 0.600. The van der Waals surface area contributed by atoms with Crippen LogP contribution in [0.2, 0.25) is 0 Å². The van der Waals surface area contributed by atoms with Crippen LogP contribution in [-0.4, -0.2) is 31.1 Å². The van der Waals surface area contributed by atoms with Gasteiger partial charge in [0.05, 0.1) is 0 Å². The van der Waals surface area contributed by atoms with E-state index in [-0.39, 0.29) is 0 Å². The Morgan fingerprint density at radius 3 is 2.39 bits per heavy atom. The molecule has 2 nitrogen and oxygen atoms in total. The van der Waals surface area contributed by atoms with Gasteiger partial charge in [0.15, 0.2) is 0 Å². The summed E-state index contributed by atoms with van der Waals surface area (Å²) < 4.78 is 1.17. The molecule has 98 valence electrons. The highest BCUT2D eigenvalue weighted by Gasteiger charge is 2.38. The predicted molar refractivity (Wildman–Crippen MR) is 78.6 cm³/mol. The largest absolute Gasteiger partial charge is 0.316 e. The van der Waals surface area contributed by atoms with Crippen LogP contribution < -0.4 is 5.32 Å². The second-order valence-electron chi connectivity index (χ2n) is 5.61. The molecule has 0 radical (unpaired) electrons. The molecule has 3 unspecified atom stereocenters. The van der Waals surface area contributed by atoms with Gasteiger partial charge in [-0.15, -0.1) is 0 Å². The van der Waals surface area contributed by atoms with Gasteiger partial charge in [0.2, 0.25) is 0 Å². The van der Waals surface area contributed by atoms with Crippen LogP contribution in [-0.2, 0) is 0 Å². The Morgan fingerprint density at radius 2 is 1.83 bits per heavy atom. The number of rotatable bonds is 3. The molecule has 3 rings (SSSR count). The zero-order valence-corrected chi connectivity index (χ0v) is 12.5. The van der Waals surface area contributed by atoms with E-state index in [1.54, 1.807) is 0 Å². The molecule has 1 aromatic carbocycles. The molecule has 0 saturated carbocycles. The van der Waals surface area contributed by atoms with Crippen molar-refractivity contribution < 1.29 is 0 Å². The highest BCUT2D eigenvalue weighted by atomic mass is 79.9. The molecule has 2 saturated heterocycles. The molecular formula is C15H21BrN2. The highest BCUT2D eigenvalue weighted by Crippen LogP contribution is 2.34. The van der Waals surface area contributed by atoms with Crippen LogP contribution in [0.4, 0.5) is 0 Å². The minimum Gasteiger partial charge on any atom is -0.316 e. The van der Waals surface area contributed by atoms with Gasteiger partial charge in [-0.05, 0) is 49.0 Å². The third-order valence-corrected chi connectivity index (χ3v) is 5.03. The topological polar surface area (TPSA) is 15.3 Å². The standard InChI is InChI=1S/C15H21BrN2/c1-2-15(11-3-5-14(16)6-4-11)18-9-12-7-17-8-13(12)10-18/h3-6,12-13,15,17H,2,7-10H2,1H3. The van der Waals surface area contributed by atoms with Gasteiger partial charge in [-0.3, -0.25) is 4.90 Å². The first-order valence-electron chi connectivity index (χ1n) is 6.98. The summed E-state index contributed by atoms with van der Waals surface area (Å²) in [6.07, 6.45) is 1.20. The van der Waals surface area contributed by atoms with Gasteiger partial charge in [0, 0.05) is 23.6 Å². The monoisotopic (exact) mass is 308 g/mol. The van der Waals surface area contributed by atoms with Crippen molar-refractivity contribution >= 4 is 15.9 Å². The second-order valence-corrected chi connectivity index (χ2v) is 6.52. The molecule has 3 heteroatoms. The zero-order chi connectivity index (χ0) is 12.5. The first kappa shape index (κ1) is 12.6. The smallest absolute Gasteiger partial charge is 0.0345 e. The lowest BCUT2D eigenvalue weighted by Crippen LogP contribution is -2.29. The number of fused-ring (bicyclic) bond motifs is 1. The summed E-state index contributed by atoms with van der Waals surface area (Å²) >= 11 is 3.52. The molecule has 2 fully saturated rings. The Bertz CT molecular complexity index is 391. The number of likely N-dealkylation sites (tertiary alicyclic amines) is 1. The summed E-state index contributed by atoms with van der Waals surface area (Å²) in [7, 11) is 0. The normalized spacial score (nSPS) is 29.4. The van der Waals surface area contributed by atoms with Crippen LogP contribution in [0.5, 0.6) is 0 Å². The summed E-state index contributed by atoms with van der Waals surface area (Å²) in [6, 6.07) is 9.46. The Labute approximate surface area is 118 Å². The first-order chi connectivity index (χ1) is 8.78. The van der Waals surface area contributed by atoms with E-state index in [0.717, 1.165) is 11.8 Å². The predicted octanol–water partition coefficient (Wildman–Crippen LogP) is 3.05. The highest BCUT2D eigenvalue weighted by molar-refractivity contribution is 9.10. The fourth-order valence-corrected chi connectivity index (χ4v) is 3.80. The Balaban J connectivity index is 1.75. The summed E-state index contributed by atoms with van der Waals surface area (Å²) in [4.78, 5) is 2.69. The van der Waals surface area contributed by atoms with Crippen molar-refractivity contribution in [2.24, 2.45) is 11.8 Å². The van der Waals surface area contributed by atoms with Crippen LogP contribution in [0.15, 0.2) is 28.7 Å². The number of benzene rings is 1. The Hall–Kier alpha value is -0.380. The maximum Gasteiger partial charge on any atom is 0.0345 e. The first-order valence-corrected chi connectivity index (χ1v) is 7.77. The lowest BCUT2D eigenvalue weighted by molar-refractivity contribution is 0.222. The third kappa shape index (κ3) is 2.36. The van der Waals surface area contributed by atoms with Gasteiger partial charge in [-0.2, -0.15) is 0 Å². The molecule has 0 spiro atoms. The van der Waals surface area contributed by atoms with E-state index in [1.165, 1.54) is 42.6 Å². The van der Waals surface area contributed by atoms with E-state index in [2.05, 4.69) is 57.3 Å². The van der Waals surface area contributed by atoms with E-state index in [0.29, 0.717) is 6.04 Å². The van der Waals surface area contributed by atoms with Gasteiger partial charge < -0.3 is 5.32 Å². The average Bonchev–Trinajstić information content (AvgIpc) is 2.93. The summed E-state index contributed by atoms with van der Waals surface area (Å²) in [6.45, 7) is 7.29. The average molecular weight is 309 g/mol. The molecule has 2 aliphatic rings. The van der Waals surface area contributed by atoms with E-state index >= 15 is 0 Å². The van der Waals surface area contributed by atoms with Gasteiger partial charge in [-0.25, -0.2) is 0 Å². The van der Waals surface area contributed by atoms with Gasteiger partial charge >= 0.3 is 0 Å². The number of halogens is 1. The maximum atomic E-state index is 3.52. The van der Waals surface area contributed by atoms with E-state index < -0.39 is 0 Å². The summed E-state index contributed by atoms with van der Waals surface area (Å²) in [5, 5.41) is 3.52. The molecule has 0 bridgehead atoms. The van der Waals surface area contributed by atoms with Crippen molar-refractivity contribution in [3.8, 4) is 0 Å². The van der Waals surface area contributed by atoms with Gasteiger partial charge in [-0.1, -0.05) is 35.0 Å². The van der Waals surface area contributed by atoms with Crippen LogP contribution in [0.3, 0.4) is 0 Å². The quantitative estimate of drug-likeness (QED) is 0.923. The Kier molecular flexibility index (Phi) is 3.73. The van der Waals surface area contributed by atoms with E-state index in [1.807, 2.05) is 0 Å².